The van der Waals surface area contributed by atoms with E-state index in [1.54, 1.807) is 13.8 Å². The van der Waals surface area contributed by atoms with Gasteiger partial charge in [0.1, 0.15) is 5.60 Å². The van der Waals surface area contributed by atoms with Gasteiger partial charge in [0.2, 0.25) is 0 Å². The predicted molar refractivity (Wildman–Crippen MR) is 135 cm³/mol. The first-order chi connectivity index (χ1) is 16.5. The van der Waals surface area contributed by atoms with Crippen LogP contribution in [0.25, 0.3) is 0 Å². The minimum atomic E-state index is -1.93. The lowest BCUT2D eigenvalue weighted by molar-refractivity contribution is -0.241. The van der Waals surface area contributed by atoms with Crippen molar-refractivity contribution >= 4 is 11.8 Å². The van der Waals surface area contributed by atoms with Crippen LogP contribution in [0.15, 0.2) is 23.8 Å². The summed E-state index contributed by atoms with van der Waals surface area (Å²) in [6.07, 6.45) is 5.35. The first kappa shape index (κ1) is 27.5. The van der Waals surface area contributed by atoms with Gasteiger partial charge in [-0.1, -0.05) is 46.8 Å². The van der Waals surface area contributed by atoms with Crippen LogP contribution in [0, 0.1) is 39.9 Å². The van der Waals surface area contributed by atoms with Crippen LogP contribution in [0.5, 0.6) is 0 Å². The molecule has 7 nitrogen and oxygen atoms in total. The molecule has 202 valence electrons. The van der Waals surface area contributed by atoms with Crippen LogP contribution in [-0.2, 0) is 9.59 Å². The van der Waals surface area contributed by atoms with Gasteiger partial charge in [0.25, 0.3) is 0 Å². The Morgan fingerprint density at radius 3 is 2.25 bits per heavy atom. The number of fused-ring (bicyclic) bond motifs is 5. The van der Waals surface area contributed by atoms with Crippen LogP contribution < -0.4 is 0 Å². The summed E-state index contributed by atoms with van der Waals surface area (Å²) in [4.78, 5) is 25.3. The third-order valence-corrected chi connectivity index (χ3v) is 11.4. The Morgan fingerprint density at radius 2 is 1.67 bits per heavy atom. The van der Waals surface area contributed by atoms with E-state index in [4.69, 9.17) is 0 Å². The van der Waals surface area contributed by atoms with Crippen molar-refractivity contribution < 1.29 is 35.1 Å². The summed E-state index contributed by atoms with van der Waals surface area (Å²) in [6.45, 7) is 11.6. The summed E-state index contributed by atoms with van der Waals surface area (Å²) in [7, 11) is 0. The summed E-state index contributed by atoms with van der Waals surface area (Å²) >= 11 is 0. The van der Waals surface area contributed by atoms with E-state index in [0.29, 0.717) is 18.4 Å². The van der Waals surface area contributed by atoms with Crippen molar-refractivity contribution in [1.29, 1.82) is 0 Å². The molecule has 5 N–H and O–H groups in total. The number of ketones is 1. The molecule has 0 aromatic rings. The first-order valence-corrected chi connectivity index (χ1v) is 13.5. The van der Waals surface area contributed by atoms with Crippen molar-refractivity contribution in [2.75, 3.05) is 0 Å². The molecule has 0 radical (unpaired) electrons. The smallest absolute Gasteiger partial charge is 0.313 e. The van der Waals surface area contributed by atoms with Gasteiger partial charge in [0.15, 0.2) is 5.78 Å². The highest BCUT2D eigenvalue weighted by atomic mass is 16.4. The molecular weight excluding hydrogens is 460 g/mol. The fourth-order valence-corrected chi connectivity index (χ4v) is 8.22. The summed E-state index contributed by atoms with van der Waals surface area (Å²) < 4.78 is 0. The summed E-state index contributed by atoms with van der Waals surface area (Å²) in [5.41, 5.74) is -5.17. The van der Waals surface area contributed by atoms with Gasteiger partial charge in [-0.3, -0.25) is 9.59 Å². The lowest BCUT2D eigenvalue weighted by Gasteiger charge is -2.64. The van der Waals surface area contributed by atoms with Crippen molar-refractivity contribution in [1.82, 2.24) is 0 Å². The minimum absolute atomic E-state index is 0.0534. The number of hydrogen-bond donors (Lipinski definition) is 5. The van der Waals surface area contributed by atoms with E-state index in [1.807, 2.05) is 26.0 Å². The monoisotopic (exact) mass is 504 g/mol. The third-order valence-electron chi connectivity index (χ3n) is 11.4. The molecule has 7 heteroatoms. The van der Waals surface area contributed by atoms with Crippen LogP contribution in [0.4, 0.5) is 0 Å². The fraction of sp³-hybridized carbons (Fsp3) is 0.793. The van der Waals surface area contributed by atoms with Gasteiger partial charge in [-0.15, -0.1) is 0 Å². The van der Waals surface area contributed by atoms with Gasteiger partial charge in [0.05, 0.1) is 23.2 Å². The second kappa shape index (κ2) is 8.48. The molecule has 4 aliphatic carbocycles. The Bertz CT molecular complexity index is 1000. The van der Waals surface area contributed by atoms with E-state index in [-0.39, 0.29) is 41.9 Å². The average molecular weight is 505 g/mol. The van der Waals surface area contributed by atoms with Gasteiger partial charge in [-0.25, -0.2) is 0 Å². The molecule has 0 spiro atoms. The molecule has 0 aromatic carbocycles. The Hall–Kier alpha value is -1.54. The third kappa shape index (κ3) is 3.45. The zero-order chi connectivity index (χ0) is 27.1. The molecule has 0 bridgehead atoms. The minimum Gasteiger partial charge on any atom is -0.481 e. The molecule has 4 rings (SSSR count). The van der Waals surface area contributed by atoms with Crippen LogP contribution in [0.3, 0.4) is 0 Å². The molecule has 0 aromatic heterocycles. The maximum atomic E-state index is 13.4. The van der Waals surface area contributed by atoms with E-state index in [1.165, 1.54) is 6.08 Å². The zero-order valence-electron chi connectivity index (χ0n) is 22.5. The predicted octanol–water partition coefficient (Wildman–Crippen LogP) is 3.25. The van der Waals surface area contributed by atoms with E-state index >= 15 is 0 Å². The average Bonchev–Trinajstić information content (AvgIpc) is 3.14. The molecule has 0 saturated heterocycles. The lowest BCUT2D eigenvalue weighted by Crippen LogP contribution is -2.73. The Labute approximate surface area is 214 Å². The van der Waals surface area contributed by atoms with Gasteiger partial charge in [0, 0.05) is 11.8 Å². The standard InChI is InChI=1S/C29H44O7/c1-16(2)25(4,24(33)34)10-9-17(3)18-7-8-19-20-13-23(32)29(36)15-22(31)21(30)14-27(29,6)28(20,35)12-11-26(18,19)5/h9-10,13,16-19,21-22,30-31,35-36H,7-8,11-12,14-15H2,1-6H3,(H,33,34)/b10-9-/t17-,18-,19+,21+,22-,25-,26-,27-,28-,29+/m1/s1. The van der Waals surface area contributed by atoms with E-state index in [2.05, 4.69) is 13.8 Å². The van der Waals surface area contributed by atoms with E-state index in [0.717, 1.165) is 12.8 Å². The molecule has 4 aliphatic rings. The maximum Gasteiger partial charge on any atom is 0.313 e. The second-order valence-electron chi connectivity index (χ2n) is 13.3. The number of aliphatic hydroxyl groups is 4. The number of carbonyl (C=O) groups is 2. The highest BCUT2D eigenvalue weighted by molar-refractivity contribution is 6.00. The number of carboxylic acids is 1. The lowest BCUT2D eigenvalue weighted by atomic mass is 9.43. The number of carboxylic acid groups (broad SMARTS) is 1. The molecule has 3 saturated carbocycles. The summed E-state index contributed by atoms with van der Waals surface area (Å²) in [5.74, 6) is -1.09. The van der Waals surface area contributed by atoms with Crippen LogP contribution in [0.1, 0.15) is 80.1 Å². The van der Waals surface area contributed by atoms with Crippen molar-refractivity contribution in [3.8, 4) is 0 Å². The molecule has 0 heterocycles. The van der Waals surface area contributed by atoms with Gasteiger partial charge >= 0.3 is 5.97 Å². The number of carbonyl (C=O) groups excluding carboxylic acids is 1. The molecular formula is C29H44O7. The van der Waals surface area contributed by atoms with Crippen molar-refractivity contribution in [2.45, 2.75) is 103 Å². The topological polar surface area (TPSA) is 135 Å². The number of rotatable bonds is 5. The van der Waals surface area contributed by atoms with Crippen LogP contribution in [-0.4, -0.2) is 60.7 Å². The van der Waals surface area contributed by atoms with Crippen LogP contribution in [0.2, 0.25) is 0 Å². The maximum absolute atomic E-state index is 13.4. The van der Waals surface area contributed by atoms with Crippen molar-refractivity contribution in [3.05, 3.63) is 23.8 Å². The highest BCUT2D eigenvalue weighted by Gasteiger charge is 2.72. The van der Waals surface area contributed by atoms with Crippen molar-refractivity contribution in [3.63, 3.8) is 0 Å². The number of hydrogen-bond acceptors (Lipinski definition) is 6. The molecule has 0 aliphatic heterocycles. The van der Waals surface area contributed by atoms with E-state index in [9.17, 15) is 35.1 Å². The second-order valence-corrected chi connectivity index (χ2v) is 13.3. The molecule has 10 atom stereocenters. The summed E-state index contributed by atoms with van der Waals surface area (Å²) in [6, 6.07) is 0. The van der Waals surface area contributed by atoms with Gasteiger partial charge < -0.3 is 25.5 Å². The van der Waals surface area contributed by atoms with Crippen LogP contribution >= 0.6 is 0 Å². The highest BCUT2D eigenvalue weighted by Crippen LogP contribution is 2.68. The number of aliphatic hydroxyl groups excluding tert-OH is 2. The number of aliphatic carboxylic acids is 1. The molecule has 3 fully saturated rings. The molecule has 0 unspecified atom stereocenters. The van der Waals surface area contributed by atoms with Crippen molar-refractivity contribution in [2.24, 2.45) is 39.9 Å². The summed E-state index contributed by atoms with van der Waals surface area (Å²) in [5, 5.41) is 54.3. The van der Waals surface area contributed by atoms with Gasteiger partial charge in [-0.05, 0) is 79.8 Å². The normalized spacial score (nSPS) is 47.1. The number of allylic oxidation sites excluding steroid dienone is 1. The Balaban J connectivity index is 1.68. The fourth-order valence-electron chi connectivity index (χ4n) is 8.22. The van der Waals surface area contributed by atoms with Gasteiger partial charge in [-0.2, -0.15) is 0 Å². The quantitative estimate of drug-likeness (QED) is 0.363. The zero-order valence-corrected chi connectivity index (χ0v) is 22.5. The largest absolute Gasteiger partial charge is 0.481 e. The molecule has 36 heavy (non-hydrogen) atoms. The Morgan fingerprint density at radius 1 is 1.06 bits per heavy atom. The Kier molecular flexibility index (Phi) is 6.48. The SMILES string of the molecule is CC(C)[C@@](C)(/C=C\[C@@H](C)[C@H]1CC[C@H]2C3=CC(=O)[C@@]4(O)C[C@@H](O)[C@@H](O)C[C@]4(C)[C@@]3(O)CC[C@]12C)C(=O)O. The molecule has 0 amide bonds. The first-order valence-electron chi connectivity index (χ1n) is 13.5. The van der Waals surface area contributed by atoms with E-state index < -0.39 is 46.0 Å².